The molecule has 2 aromatic rings. The van der Waals surface area contributed by atoms with E-state index in [9.17, 15) is 10.4 Å². The Hall–Kier alpha value is -3.34. The molecule has 0 amide bonds. The Morgan fingerprint density at radius 1 is 1.09 bits per heavy atom. The molecule has 4 heteroatoms. The van der Waals surface area contributed by atoms with Gasteiger partial charge in [0.1, 0.15) is 5.75 Å². The van der Waals surface area contributed by atoms with Gasteiger partial charge in [-0.1, -0.05) is 62.1 Å². The van der Waals surface area contributed by atoms with Crippen molar-refractivity contribution in [2.24, 2.45) is 0 Å². The van der Waals surface area contributed by atoms with Crippen LogP contribution in [0.3, 0.4) is 0 Å². The molecule has 0 aromatic heterocycles. The van der Waals surface area contributed by atoms with Gasteiger partial charge in [-0.05, 0) is 61.9 Å². The molecule has 0 atom stereocenters. The SMILES string of the molecule is C=C(C#N)/C=C\C(C)=C(\C)CN(CCCCCC)Cc1c(O)ccc2cc(C#N)ccc12. The van der Waals surface area contributed by atoms with Crippen molar-refractivity contribution in [2.45, 2.75) is 53.0 Å². The van der Waals surface area contributed by atoms with E-state index in [0.29, 0.717) is 17.7 Å². The zero-order valence-corrected chi connectivity index (χ0v) is 19.5. The van der Waals surface area contributed by atoms with Crippen LogP contribution in [0.4, 0.5) is 0 Å². The zero-order valence-electron chi connectivity index (χ0n) is 19.5. The lowest BCUT2D eigenvalue weighted by molar-refractivity contribution is 0.277. The van der Waals surface area contributed by atoms with E-state index in [4.69, 9.17) is 5.26 Å². The van der Waals surface area contributed by atoms with Gasteiger partial charge >= 0.3 is 0 Å². The molecule has 2 rings (SSSR count). The van der Waals surface area contributed by atoms with E-state index < -0.39 is 0 Å². The third-order valence-electron chi connectivity index (χ3n) is 5.76. The van der Waals surface area contributed by atoms with E-state index in [1.807, 2.05) is 37.3 Å². The molecule has 0 aliphatic carbocycles. The third kappa shape index (κ3) is 7.12. The molecular formula is C28H33N3O. The van der Waals surface area contributed by atoms with E-state index in [2.05, 4.69) is 31.4 Å². The molecule has 0 aliphatic rings. The topological polar surface area (TPSA) is 71.1 Å². The highest BCUT2D eigenvalue weighted by Crippen LogP contribution is 2.29. The molecule has 0 aliphatic heterocycles. The largest absolute Gasteiger partial charge is 0.508 e. The molecule has 0 radical (unpaired) electrons. The average molecular weight is 428 g/mol. The highest BCUT2D eigenvalue weighted by Gasteiger charge is 2.14. The first-order valence-electron chi connectivity index (χ1n) is 11.2. The first kappa shape index (κ1) is 24.9. The molecule has 32 heavy (non-hydrogen) atoms. The van der Waals surface area contributed by atoms with Gasteiger partial charge in [0.05, 0.1) is 17.7 Å². The maximum Gasteiger partial charge on any atom is 0.120 e. The van der Waals surface area contributed by atoms with Gasteiger partial charge in [-0.15, -0.1) is 0 Å². The minimum atomic E-state index is 0.282. The maximum atomic E-state index is 10.7. The second-order valence-electron chi connectivity index (χ2n) is 8.32. The molecular weight excluding hydrogens is 394 g/mol. The molecule has 166 valence electrons. The van der Waals surface area contributed by atoms with Gasteiger partial charge in [-0.3, -0.25) is 4.90 Å². The highest BCUT2D eigenvalue weighted by molar-refractivity contribution is 5.88. The number of hydrogen-bond donors (Lipinski definition) is 1. The molecule has 0 saturated carbocycles. The molecule has 0 unspecified atom stereocenters. The Balaban J connectivity index is 2.32. The quantitative estimate of drug-likeness (QED) is 0.244. The number of aromatic hydroxyl groups is 1. The highest BCUT2D eigenvalue weighted by atomic mass is 16.3. The number of phenols is 1. The van der Waals surface area contributed by atoms with E-state index in [-0.39, 0.29) is 5.75 Å². The Labute approximate surface area is 192 Å². The van der Waals surface area contributed by atoms with Crippen molar-refractivity contribution >= 4 is 10.8 Å². The molecule has 4 nitrogen and oxygen atoms in total. The number of rotatable bonds is 11. The molecule has 1 N–H and O–H groups in total. The van der Waals surface area contributed by atoms with Gasteiger partial charge in [0.2, 0.25) is 0 Å². The van der Waals surface area contributed by atoms with Crippen molar-refractivity contribution in [3.63, 3.8) is 0 Å². The molecule has 0 heterocycles. The summed E-state index contributed by atoms with van der Waals surface area (Å²) in [5.41, 5.74) is 4.27. The minimum Gasteiger partial charge on any atom is -0.508 e. The Kier molecular flexibility index (Phi) is 9.74. The van der Waals surface area contributed by atoms with Crippen LogP contribution >= 0.6 is 0 Å². The van der Waals surface area contributed by atoms with Crippen molar-refractivity contribution in [2.75, 3.05) is 13.1 Å². The Morgan fingerprint density at radius 2 is 1.88 bits per heavy atom. The van der Waals surface area contributed by atoms with Gasteiger partial charge in [0.15, 0.2) is 0 Å². The number of nitriles is 2. The summed E-state index contributed by atoms with van der Waals surface area (Å²) in [6.45, 7) is 12.4. The summed E-state index contributed by atoms with van der Waals surface area (Å²) in [6, 6.07) is 13.4. The summed E-state index contributed by atoms with van der Waals surface area (Å²) in [5, 5.41) is 30.7. The molecule has 0 bridgehead atoms. The second kappa shape index (κ2) is 12.5. The fourth-order valence-electron chi connectivity index (χ4n) is 3.68. The van der Waals surface area contributed by atoms with Crippen LogP contribution in [0.2, 0.25) is 0 Å². The smallest absolute Gasteiger partial charge is 0.120 e. The molecule has 0 fully saturated rings. The lowest BCUT2D eigenvalue weighted by Crippen LogP contribution is -2.27. The molecule has 2 aromatic carbocycles. The van der Waals surface area contributed by atoms with Crippen LogP contribution in [0.25, 0.3) is 10.8 Å². The fourth-order valence-corrected chi connectivity index (χ4v) is 3.68. The van der Waals surface area contributed by atoms with Crippen LogP contribution in [-0.4, -0.2) is 23.1 Å². The number of unbranched alkanes of at least 4 members (excludes halogenated alkanes) is 3. The lowest BCUT2D eigenvalue weighted by atomic mass is 10.0. The van der Waals surface area contributed by atoms with Crippen LogP contribution in [0.1, 0.15) is 57.6 Å². The minimum absolute atomic E-state index is 0.282. The van der Waals surface area contributed by atoms with E-state index in [1.54, 1.807) is 18.2 Å². The van der Waals surface area contributed by atoms with Crippen LogP contribution in [0, 0.1) is 22.7 Å². The van der Waals surface area contributed by atoms with Crippen LogP contribution in [0.15, 0.2) is 65.8 Å². The maximum absolute atomic E-state index is 10.7. The molecule has 0 saturated heterocycles. The number of phenolic OH excluding ortho intramolecular Hbond substituents is 1. The van der Waals surface area contributed by atoms with E-state index in [1.165, 1.54) is 24.8 Å². The van der Waals surface area contributed by atoms with Crippen molar-refractivity contribution in [3.8, 4) is 17.9 Å². The predicted octanol–water partition coefficient (Wildman–Crippen LogP) is 6.77. The van der Waals surface area contributed by atoms with Crippen LogP contribution < -0.4 is 0 Å². The standard InChI is InChI=1S/C28H33N3O/c1-5-6-7-8-15-31(19-23(4)22(3)10-9-21(2)17-29)20-27-26-13-11-24(18-30)16-25(26)12-14-28(27)32/h9-14,16,32H,2,5-8,15,19-20H2,1,3-4H3/b10-9-,23-22-. The number of hydrogen-bond acceptors (Lipinski definition) is 4. The fraction of sp³-hybridized carbons (Fsp3) is 0.357. The van der Waals surface area contributed by atoms with Gasteiger partial charge in [-0.25, -0.2) is 0 Å². The number of fused-ring (bicyclic) bond motifs is 1. The van der Waals surface area contributed by atoms with Gasteiger partial charge < -0.3 is 5.11 Å². The Bertz CT molecular complexity index is 1100. The van der Waals surface area contributed by atoms with Crippen molar-refractivity contribution in [1.82, 2.24) is 4.90 Å². The van der Waals surface area contributed by atoms with Gasteiger partial charge in [0, 0.05) is 24.2 Å². The van der Waals surface area contributed by atoms with Crippen LogP contribution in [0.5, 0.6) is 5.75 Å². The summed E-state index contributed by atoms with van der Waals surface area (Å²) in [4.78, 5) is 2.37. The van der Waals surface area contributed by atoms with E-state index in [0.717, 1.165) is 41.4 Å². The summed E-state index contributed by atoms with van der Waals surface area (Å²) in [7, 11) is 0. The summed E-state index contributed by atoms with van der Waals surface area (Å²) in [6.07, 6.45) is 8.38. The predicted molar refractivity (Wildman–Crippen MR) is 132 cm³/mol. The van der Waals surface area contributed by atoms with Gasteiger partial charge in [0.25, 0.3) is 0 Å². The third-order valence-corrected chi connectivity index (χ3v) is 5.76. The van der Waals surface area contributed by atoms with E-state index >= 15 is 0 Å². The van der Waals surface area contributed by atoms with Crippen molar-refractivity contribution in [1.29, 1.82) is 10.5 Å². The Morgan fingerprint density at radius 3 is 2.56 bits per heavy atom. The second-order valence-corrected chi connectivity index (χ2v) is 8.32. The average Bonchev–Trinajstić information content (AvgIpc) is 2.80. The first-order chi connectivity index (χ1) is 15.4. The summed E-state index contributed by atoms with van der Waals surface area (Å²) >= 11 is 0. The number of benzene rings is 2. The van der Waals surface area contributed by atoms with Crippen LogP contribution in [-0.2, 0) is 6.54 Å². The molecule has 0 spiro atoms. The first-order valence-corrected chi connectivity index (χ1v) is 11.2. The number of allylic oxidation sites excluding steroid dienone is 4. The lowest BCUT2D eigenvalue weighted by Gasteiger charge is -2.25. The normalized spacial score (nSPS) is 12.1. The monoisotopic (exact) mass is 427 g/mol. The zero-order chi connectivity index (χ0) is 23.5. The van der Waals surface area contributed by atoms with Crippen molar-refractivity contribution in [3.05, 3.63) is 76.9 Å². The summed E-state index contributed by atoms with van der Waals surface area (Å²) < 4.78 is 0. The van der Waals surface area contributed by atoms with Crippen molar-refractivity contribution < 1.29 is 5.11 Å². The number of nitrogens with zero attached hydrogens (tertiary/aromatic N) is 3. The summed E-state index contributed by atoms with van der Waals surface area (Å²) in [5.74, 6) is 0.282. The van der Waals surface area contributed by atoms with Gasteiger partial charge in [-0.2, -0.15) is 10.5 Å².